The van der Waals surface area contributed by atoms with E-state index in [1.165, 1.54) is 43.2 Å². The van der Waals surface area contributed by atoms with Gasteiger partial charge in [-0.05, 0) is 36.1 Å². The first-order valence-electron chi connectivity index (χ1n) is 8.63. The highest BCUT2D eigenvalue weighted by atomic mass is 16.5. The third-order valence-corrected chi connectivity index (χ3v) is 4.33. The summed E-state index contributed by atoms with van der Waals surface area (Å²) in [6.45, 7) is 1.51. The molecule has 0 aliphatic heterocycles. The van der Waals surface area contributed by atoms with Gasteiger partial charge >= 0.3 is 0 Å². The average molecular weight is 310 g/mol. The van der Waals surface area contributed by atoms with Crippen LogP contribution in [0.3, 0.4) is 0 Å². The smallest absolute Gasteiger partial charge is 0.0720 e. The zero-order chi connectivity index (χ0) is 15.7. The zero-order valence-electron chi connectivity index (χ0n) is 13.6. The molecule has 2 N–H and O–H groups in total. The van der Waals surface area contributed by atoms with Crippen LogP contribution in [0.4, 0.5) is 5.69 Å². The summed E-state index contributed by atoms with van der Waals surface area (Å²) in [6.07, 6.45) is 6.92. The van der Waals surface area contributed by atoms with E-state index in [1.54, 1.807) is 0 Å². The normalized spacial score (nSPS) is 15.5. The van der Waals surface area contributed by atoms with Crippen molar-refractivity contribution in [1.29, 1.82) is 0 Å². The summed E-state index contributed by atoms with van der Waals surface area (Å²) in [4.78, 5) is 0. The first kappa shape index (κ1) is 16.0. The van der Waals surface area contributed by atoms with E-state index in [0.29, 0.717) is 6.10 Å². The molecule has 0 atom stereocenters. The fourth-order valence-electron chi connectivity index (χ4n) is 3.05. The van der Waals surface area contributed by atoms with Crippen molar-refractivity contribution in [3.8, 4) is 0 Å². The topological polar surface area (TPSA) is 33.3 Å². The SMILES string of the molecule is c1ccc(NNCc2cccc(COC3CCCCC3)c2)cc1. The molecule has 3 nitrogen and oxygen atoms in total. The molecule has 1 saturated carbocycles. The molecule has 23 heavy (non-hydrogen) atoms. The van der Waals surface area contributed by atoms with Crippen LogP contribution >= 0.6 is 0 Å². The second-order valence-electron chi connectivity index (χ2n) is 6.24. The number of anilines is 1. The Morgan fingerprint density at radius 1 is 0.870 bits per heavy atom. The van der Waals surface area contributed by atoms with Crippen LogP contribution in [-0.4, -0.2) is 6.10 Å². The first-order valence-corrected chi connectivity index (χ1v) is 8.63. The van der Waals surface area contributed by atoms with Crippen molar-refractivity contribution >= 4 is 5.69 Å². The molecule has 0 amide bonds. The monoisotopic (exact) mass is 310 g/mol. The van der Waals surface area contributed by atoms with Crippen LogP contribution in [-0.2, 0) is 17.9 Å². The number of benzene rings is 2. The van der Waals surface area contributed by atoms with Crippen molar-refractivity contribution in [3.63, 3.8) is 0 Å². The first-order chi connectivity index (χ1) is 11.4. The molecule has 1 fully saturated rings. The Balaban J connectivity index is 1.45. The van der Waals surface area contributed by atoms with E-state index in [1.807, 2.05) is 30.3 Å². The van der Waals surface area contributed by atoms with E-state index in [9.17, 15) is 0 Å². The molecule has 0 radical (unpaired) electrons. The molecule has 0 aromatic heterocycles. The van der Waals surface area contributed by atoms with E-state index in [0.717, 1.165) is 18.8 Å². The van der Waals surface area contributed by atoms with Gasteiger partial charge in [-0.15, -0.1) is 0 Å². The van der Waals surface area contributed by atoms with Crippen molar-refractivity contribution in [1.82, 2.24) is 5.43 Å². The predicted octanol–water partition coefficient (Wildman–Crippen LogP) is 4.65. The fourth-order valence-corrected chi connectivity index (χ4v) is 3.05. The maximum atomic E-state index is 6.06. The summed E-state index contributed by atoms with van der Waals surface area (Å²) in [7, 11) is 0. The molecule has 3 rings (SSSR count). The Morgan fingerprint density at radius 3 is 2.48 bits per heavy atom. The van der Waals surface area contributed by atoms with Crippen LogP contribution < -0.4 is 10.9 Å². The van der Waals surface area contributed by atoms with Crippen LogP contribution in [0, 0.1) is 0 Å². The Hall–Kier alpha value is -1.84. The van der Waals surface area contributed by atoms with Gasteiger partial charge in [0.15, 0.2) is 0 Å². The lowest BCUT2D eigenvalue weighted by molar-refractivity contribution is 0.0168. The second kappa shape index (κ2) is 8.70. The number of hydrogen-bond acceptors (Lipinski definition) is 3. The van der Waals surface area contributed by atoms with Gasteiger partial charge in [0, 0.05) is 12.2 Å². The number of nitrogens with one attached hydrogen (secondary N) is 2. The van der Waals surface area contributed by atoms with Crippen LogP contribution in [0.15, 0.2) is 54.6 Å². The maximum Gasteiger partial charge on any atom is 0.0720 e. The molecule has 0 unspecified atom stereocenters. The van der Waals surface area contributed by atoms with Gasteiger partial charge in [-0.1, -0.05) is 61.7 Å². The molecule has 2 aromatic carbocycles. The van der Waals surface area contributed by atoms with Crippen LogP contribution in [0.1, 0.15) is 43.2 Å². The minimum Gasteiger partial charge on any atom is -0.374 e. The number of hydrazine groups is 1. The largest absolute Gasteiger partial charge is 0.374 e. The summed E-state index contributed by atoms with van der Waals surface area (Å²) in [6, 6.07) is 18.8. The van der Waals surface area contributed by atoms with Gasteiger partial charge in [-0.3, -0.25) is 0 Å². The van der Waals surface area contributed by atoms with Crippen molar-refractivity contribution in [2.75, 3.05) is 5.43 Å². The molecular weight excluding hydrogens is 284 g/mol. The Bertz CT molecular complexity index is 579. The third-order valence-electron chi connectivity index (χ3n) is 4.33. The van der Waals surface area contributed by atoms with Gasteiger partial charge in [-0.25, -0.2) is 5.43 Å². The summed E-state index contributed by atoms with van der Waals surface area (Å²) < 4.78 is 6.06. The van der Waals surface area contributed by atoms with Gasteiger partial charge in [0.25, 0.3) is 0 Å². The number of para-hydroxylation sites is 1. The predicted molar refractivity (Wildman–Crippen MR) is 95.0 cm³/mol. The van der Waals surface area contributed by atoms with Gasteiger partial charge in [-0.2, -0.15) is 0 Å². The van der Waals surface area contributed by atoms with E-state index in [4.69, 9.17) is 4.74 Å². The quantitative estimate of drug-likeness (QED) is 0.730. The standard InChI is InChI=1S/C20H26N2O/c1-3-10-19(11-4-1)22-21-15-17-8-7-9-18(14-17)16-23-20-12-5-2-6-13-20/h1,3-4,7-11,14,20-22H,2,5-6,12-13,15-16H2. The molecule has 0 bridgehead atoms. The van der Waals surface area contributed by atoms with Crippen LogP contribution in [0.25, 0.3) is 0 Å². The highest BCUT2D eigenvalue weighted by Gasteiger charge is 2.13. The molecule has 122 valence electrons. The number of hydrogen-bond donors (Lipinski definition) is 2. The number of ether oxygens (including phenoxy) is 1. The lowest BCUT2D eigenvalue weighted by atomic mass is 9.98. The molecule has 1 aliphatic rings. The molecule has 0 heterocycles. The molecule has 0 spiro atoms. The minimum atomic E-state index is 0.463. The van der Waals surface area contributed by atoms with E-state index in [2.05, 4.69) is 35.1 Å². The van der Waals surface area contributed by atoms with E-state index in [-0.39, 0.29) is 0 Å². The van der Waals surface area contributed by atoms with E-state index >= 15 is 0 Å². The highest BCUT2D eigenvalue weighted by Crippen LogP contribution is 2.21. The lowest BCUT2D eigenvalue weighted by Crippen LogP contribution is -2.21. The summed E-state index contributed by atoms with van der Waals surface area (Å²) in [5, 5.41) is 0. The average Bonchev–Trinajstić information content (AvgIpc) is 2.62. The Morgan fingerprint density at radius 2 is 1.65 bits per heavy atom. The van der Waals surface area contributed by atoms with E-state index < -0.39 is 0 Å². The zero-order valence-corrected chi connectivity index (χ0v) is 13.6. The highest BCUT2D eigenvalue weighted by molar-refractivity contribution is 5.41. The lowest BCUT2D eigenvalue weighted by Gasteiger charge is -2.22. The summed E-state index contributed by atoms with van der Waals surface area (Å²) in [5.41, 5.74) is 10.1. The molecule has 1 aliphatic carbocycles. The Kier molecular flexibility index (Phi) is 6.07. The molecule has 0 saturated heterocycles. The van der Waals surface area contributed by atoms with Gasteiger partial charge in [0.05, 0.1) is 12.7 Å². The van der Waals surface area contributed by atoms with Gasteiger partial charge < -0.3 is 10.2 Å². The maximum absolute atomic E-state index is 6.06. The number of rotatable bonds is 7. The molecular formula is C20H26N2O. The Labute approximate surface area is 139 Å². The van der Waals surface area contributed by atoms with Crippen molar-refractivity contribution in [2.45, 2.75) is 51.4 Å². The van der Waals surface area contributed by atoms with Crippen molar-refractivity contribution in [2.24, 2.45) is 0 Å². The van der Waals surface area contributed by atoms with Gasteiger partial charge in [0.1, 0.15) is 0 Å². The van der Waals surface area contributed by atoms with Crippen LogP contribution in [0.2, 0.25) is 0 Å². The summed E-state index contributed by atoms with van der Waals surface area (Å²) in [5.74, 6) is 0. The fraction of sp³-hybridized carbons (Fsp3) is 0.400. The van der Waals surface area contributed by atoms with Crippen LogP contribution in [0.5, 0.6) is 0 Å². The third kappa shape index (κ3) is 5.38. The van der Waals surface area contributed by atoms with Crippen molar-refractivity contribution < 1.29 is 4.74 Å². The van der Waals surface area contributed by atoms with Crippen molar-refractivity contribution in [3.05, 3.63) is 65.7 Å². The minimum absolute atomic E-state index is 0.463. The molecule has 3 heteroatoms. The second-order valence-corrected chi connectivity index (χ2v) is 6.24. The van der Waals surface area contributed by atoms with Gasteiger partial charge in [0.2, 0.25) is 0 Å². The summed E-state index contributed by atoms with van der Waals surface area (Å²) >= 11 is 0. The molecule has 2 aromatic rings.